The van der Waals surface area contributed by atoms with E-state index in [9.17, 15) is 0 Å². The van der Waals surface area contributed by atoms with Crippen LogP contribution in [0, 0.1) is 0 Å². The average molecular weight is 448 g/mol. The van der Waals surface area contributed by atoms with Crippen molar-refractivity contribution in [2.24, 2.45) is 0 Å². The largest absolute Gasteiger partial charge is 0.474 e. The van der Waals surface area contributed by atoms with Crippen molar-refractivity contribution in [3.05, 3.63) is 23.3 Å². The summed E-state index contributed by atoms with van der Waals surface area (Å²) in [6, 6.07) is 0. The van der Waals surface area contributed by atoms with Crippen molar-refractivity contribution in [3.63, 3.8) is 0 Å². The Kier molecular flexibility index (Phi) is 5.53. The zero-order chi connectivity index (χ0) is 19.5. The van der Waals surface area contributed by atoms with Crippen LogP contribution >= 0.6 is 15.9 Å². The van der Waals surface area contributed by atoms with Gasteiger partial charge in [0.05, 0.1) is 5.39 Å². The van der Waals surface area contributed by atoms with E-state index >= 15 is 0 Å². The minimum Gasteiger partial charge on any atom is -0.474 e. The molecule has 0 radical (unpaired) electrons. The fourth-order valence-electron chi connectivity index (χ4n) is 3.14. The van der Waals surface area contributed by atoms with Crippen molar-refractivity contribution in [1.29, 1.82) is 0 Å². The zero-order valence-electron chi connectivity index (χ0n) is 15.8. The molecule has 1 aliphatic rings. The van der Waals surface area contributed by atoms with E-state index in [4.69, 9.17) is 4.74 Å². The van der Waals surface area contributed by atoms with Crippen LogP contribution in [0.15, 0.2) is 23.3 Å². The lowest BCUT2D eigenvalue weighted by molar-refractivity contribution is 0.253. The normalized spacial score (nSPS) is 14.9. The molecule has 28 heavy (non-hydrogen) atoms. The van der Waals surface area contributed by atoms with Gasteiger partial charge in [-0.05, 0) is 30.0 Å². The number of nitrogens with zero attached hydrogens (tertiary/aromatic N) is 8. The van der Waals surface area contributed by atoms with Gasteiger partial charge in [-0.3, -0.25) is 5.10 Å². The number of fused-ring (bicyclic) bond motifs is 1. The number of aromatic nitrogens is 6. The Morgan fingerprint density at radius 3 is 2.50 bits per heavy atom. The van der Waals surface area contributed by atoms with Crippen molar-refractivity contribution < 1.29 is 4.74 Å². The zero-order valence-corrected chi connectivity index (χ0v) is 17.4. The number of aromatic amines is 1. The molecule has 0 saturated carbocycles. The first-order valence-electron chi connectivity index (χ1n) is 9.06. The average Bonchev–Trinajstić information content (AvgIpc) is 3.10. The number of halogens is 1. The SMILES string of the molecule is CN(C)CCOc1nccnc1N1CCN(c2ncnc3[nH]nc(Br)c23)CC1. The summed E-state index contributed by atoms with van der Waals surface area (Å²) in [5, 5.41) is 8.00. The van der Waals surface area contributed by atoms with E-state index < -0.39 is 0 Å². The predicted molar refractivity (Wildman–Crippen MR) is 110 cm³/mol. The molecular weight excluding hydrogens is 426 g/mol. The summed E-state index contributed by atoms with van der Waals surface area (Å²) < 4.78 is 6.59. The highest BCUT2D eigenvalue weighted by Gasteiger charge is 2.24. The molecule has 11 heteroatoms. The standard InChI is InChI=1S/C17H22BrN9O/c1-25(2)9-10-28-17-16(19-3-4-20-17)27-7-5-26(6-8-27)15-12-13(18)23-24-14(12)21-11-22-15/h3-4,11H,5-10H2,1-2H3,(H,21,22,23,24). The van der Waals surface area contributed by atoms with Gasteiger partial charge < -0.3 is 19.4 Å². The predicted octanol–water partition coefficient (Wildman–Crippen LogP) is 1.17. The molecule has 3 aromatic rings. The molecule has 1 aliphatic heterocycles. The van der Waals surface area contributed by atoms with E-state index in [-0.39, 0.29) is 0 Å². The Bertz CT molecular complexity index is 939. The van der Waals surface area contributed by atoms with Crippen LogP contribution in [0.5, 0.6) is 5.88 Å². The minimum atomic E-state index is 0.575. The summed E-state index contributed by atoms with van der Waals surface area (Å²) in [5.41, 5.74) is 0.727. The van der Waals surface area contributed by atoms with Crippen LogP contribution < -0.4 is 14.5 Å². The Hall–Kier alpha value is -2.53. The highest BCUT2D eigenvalue weighted by molar-refractivity contribution is 9.10. The molecular formula is C17H22BrN9O. The molecule has 3 aromatic heterocycles. The Balaban J connectivity index is 1.47. The van der Waals surface area contributed by atoms with E-state index in [0.29, 0.717) is 12.5 Å². The molecule has 0 amide bonds. The molecule has 10 nitrogen and oxygen atoms in total. The molecule has 0 aliphatic carbocycles. The van der Waals surface area contributed by atoms with Gasteiger partial charge in [-0.1, -0.05) is 0 Å². The van der Waals surface area contributed by atoms with Crippen LogP contribution in [0.1, 0.15) is 0 Å². The van der Waals surface area contributed by atoms with Crippen LogP contribution in [-0.2, 0) is 0 Å². The minimum absolute atomic E-state index is 0.575. The van der Waals surface area contributed by atoms with E-state index in [0.717, 1.165) is 60.0 Å². The second-order valence-corrected chi connectivity index (χ2v) is 7.50. The summed E-state index contributed by atoms with van der Waals surface area (Å²) in [7, 11) is 4.03. The fourth-order valence-corrected chi connectivity index (χ4v) is 3.59. The van der Waals surface area contributed by atoms with E-state index in [1.165, 1.54) is 0 Å². The smallest absolute Gasteiger partial charge is 0.257 e. The number of ether oxygens (including phenoxy) is 1. The molecule has 1 N–H and O–H groups in total. The quantitative estimate of drug-likeness (QED) is 0.596. The van der Waals surface area contributed by atoms with E-state index in [1.54, 1.807) is 18.7 Å². The van der Waals surface area contributed by atoms with Crippen LogP contribution in [0.3, 0.4) is 0 Å². The third-order valence-corrected chi connectivity index (χ3v) is 5.17. The summed E-state index contributed by atoms with van der Waals surface area (Å²) in [5.74, 6) is 2.25. The molecule has 0 unspecified atom stereocenters. The summed E-state index contributed by atoms with van der Waals surface area (Å²) >= 11 is 3.48. The molecule has 4 heterocycles. The van der Waals surface area contributed by atoms with Gasteiger partial charge >= 0.3 is 0 Å². The molecule has 0 bridgehead atoms. The van der Waals surface area contributed by atoms with E-state index in [2.05, 4.69) is 60.8 Å². The number of anilines is 2. The monoisotopic (exact) mass is 447 g/mol. The van der Waals surface area contributed by atoms with Crippen molar-refractivity contribution >= 4 is 38.6 Å². The highest BCUT2D eigenvalue weighted by atomic mass is 79.9. The first-order chi connectivity index (χ1) is 13.6. The second-order valence-electron chi connectivity index (χ2n) is 6.75. The Labute approximate surface area is 171 Å². The van der Waals surface area contributed by atoms with Gasteiger partial charge in [-0.2, -0.15) is 5.10 Å². The number of nitrogens with one attached hydrogen (secondary N) is 1. The molecule has 0 atom stereocenters. The third-order valence-electron chi connectivity index (χ3n) is 4.60. The molecule has 0 spiro atoms. The molecule has 1 saturated heterocycles. The van der Waals surface area contributed by atoms with Gasteiger partial charge in [0.2, 0.25) is 0 Å². The number of piperazine rings is 1. The van der Waals surface area contributed by atoms with Crippen molar-refractivity contribution in [2.45, 2.75) is 0 Å². The molecule has 0 aromatic carbocycles. The Morgan fingerprint density at radius 2 is 1.75 bits per heavy atom. The topological polar surface area (TPSA) is 99.2 Å². The Morgan fingerprint density at radius 1 is 1.04 bits per heavy atom. The van der Waals surface area contributed by atoms with Crippen molar-refractivity contribution in [2.75, 3.05) is 63.2 Å². The third kappa shape index (κ3) is 3.85. The summed E-state index contributed by atoms with van der Waals surface area (Å²) in [6.45, 7) is 4.60. The second kappa shape index (κ2) is 8.23. The van der Waals surface area contributed by atoms with Gasteiger partial charge in [-0.15, -0.1) is 0 Å². The maximum absolute atomic E-state index is 5.87. The molecule has 1 fully saturated rings. The lowest BCUT2D eigenvalue weighted by atomic mass is 10.2. The summed E-state index contributed by atoms with van der Waals surface area (Å²) in [4.78, 5) is 24.1. The van der Waals surface area contributed by atoms with Gasteiger partial charge in [0.1, 0.15) is 23.4 Å². The van der Waals surface area contributed by atoms with E-state index in [1.807, 2.05) is 14.1 Å². The maximum Gasteiger partial charge on any atom is 0.257 e. The first kappa shape index (κ1) is 18.8. The van der Waals surface area contributed by atoms with Crippen molar-refractivity contribution in [3.8, 4) is 5.88 Å². The number of H-pyrrole nitrogens is 1. The van der Waals surface area contributed by atoms with Crippen molar-refractivity contribution in [1.82, 2.24) is 35.0 Å². The van der Waals surface area contributed by atoms with Gasteiger partial charge in [0.15, 0.2) is 11.5 Å². The molecule has 4 rings (SSSR count). The lowest BCUT2D eigenvalue weighted by Crippen LogP contribution is -2.47. The van der Waals surface area contributed by atoms with Crippen LogP contribution in [0.4, 0.5) is 11.6 Å². The summed E-state index contributed by atoms with van der Waals surface area (Å²) in [6.07, 6.45) is 4.93. The number of hydrogen-bond acceptors (Lipinski definition) is 9. The molecule has 148 valence electrons. The van der Waals surface area contributed by atoms with Crippen LogP contribution in [0.2, 0.25) is 0 Å². The number of hydrogen-bond donors (Lipinski definition) is 1. The fraction of sp³-hybridized carbons (Fsp3) is 0.471. The maximum atomic E-state index is 5.87. The first-order valence-corrected chi connectivity index (χ1v) is 9.86. The number of rotatable bonds is 6. The van der Waals surface area contributed by atoms with Gasteiger partial charge in [0.25, 0.3) is 5.88 Å². The van der Waals surface area contributed by atoms with Gasteiger partial charge in [0, 0.05) is 45.1 Å². The lowest BCUT2D eigenvalue weighted by Gasteiger charge is -2.36. The van der Waals surface area contributed by atoms with Crippen LogP contribution in [-0.4, -0.2) is 88.5 Å². The van der Waals surface area contributed by atoms with Crippen LogP contribution in [0.25, 0.3) is 11.0 Å². The highest BCUT2D eigenvalue weighted by Crippen LogP contribution is 2.30. The van der Waals surface area contributed by atoms with Gasteiger partial charge in [-0.25, -0.2) is 19.9 Å². The number of likely N-dealkylation sites (N-methyl/N-ethyl adjacent to an activating group) is 1.